The van der Waals surface area contributed by atoms with E-state index in [0.717, 1.165) is 37.8 Å². The third kappa shape index (κ3) is 6.32. The highest BCUT2D eigenvalue weighted by Gasteiger charge is 2.44. The van der Waals surface area contributed by atoms with Crippen LogP contribution < -0.4 is 5.32 Å². The fourth-order valence-electron chi connectivity index (χ4n) is 5.20. The van der Waals surface area contributed by atoms with Crippen molar-refractivity contribution < 1.29 is 0 Å². The van der Waals surface area contributed by atoms with Gasteiger partial charge >= 0.3 is 0 Å². The van der Waals surface area contributed by atoms with Gasteiger partial charge in [0, 0.05) is 16.5 Å². The number of aryl methyl sites for hydroxylation is 1. The van der Waals surface area contributed by atoms with Crippen molar-refractivity contribution in [2.45, 2.75) is 84.5 Å². The highest BCUT2D eigenvalue weighted by Crippen LogP contribution is 2.54. The Bertz CT molecular complexity index is 995. The monoisotopic (exact) mass is 455 g/mol. The molecule has 0 radical (unpaired) electrons. The van der Waals surface area contributed by atoms with Gasteiger partial charge in [-0.25, -0.2) is 0 Å². The van der Waals surface area contributed by atoms with Crippen LogP contribution in [0.3, 0.4) is 0 Å². The summed E-state index contributed by atoms with van der Waals surface area (Å²) in [5, 5.41) is 3.51. The molecule has 2 aliphatic rings. The van der Waals surface area contributed by atoms with Crippen molar-refractivity contribution >= 4 is 0 Å². The third-order valence-corrected chi connectivity index (χ3v) is 7.81. The Kier molecular flexibility index (Phi) is 8.29. The lowest BCUT2D eigenvalue weighted by Gasteiger charge is -2.26. The first-order valence-corrected chi connectivity index (χ1v) is 13.0. The second kappa shape index (κ2) is 10.8. The molecule has 1 N–H and O–H groups in total. The van der Waals surface area contributed by atoms with E-state index in [0.29, 0.717) is 5.41 Å². The summed E-state index contributed by atoms with van der Waals surface area (Å²) < 4.78 is 0. The van der Waals surface area contributed by atoms with Gasteiger partial charge in [0.05, 0.1) is 0 Å². The smallest absolute Gasteiger partial charge is 0.0139 e. The average Bonchev–Trinajstić information content (AvgIpc) is 3.54. The van der Waals surface area contributed by atoms with Crippen molar-refractivity contribution in [1.29, 1.82) is 0 Å². The molecule has 182 valence electrons. The molecular weight excluding hydrogens is 410 g/mol. The summed E-state index contributed by atoms with van der Waals surface area (Å²) in [6.45, 7) is 21.8. The van der Waals surface area contributed by atoms with E-state index in [4.69, 9.17) is 0 Å². The van der Waals surface area contributed by atoms with Crippen LogP contribution in [-0.2, 0) is 11.8 Å². The van der Waals surface area contributed by atoms with Crippen LogP contribution in [-0.4, -0.2) is 0 Å². The maximum atomic E-state index is 4.39. The van der Waals surface area contributed by atoms with Crippen LogP contribution >= 0.6 is 0 Å². The summed E-state index contributed by atoms with van der Waals surface area (Å²) in [5.41, 5.74) is 7.25. The lowest BCUT2D eigenvalue weighted by atomic mass is 9.79. The summed E-state index contributed by atoms with van der Waals surface area (Å²) in [5.74, 6) is 0. The van der Waals surface area contributed by atoms with Gasteiger partial charge in [0.1, 0.15) is 0 Å². The highest BCUT2D eigenvalue weighted by atomic mass is 14.9. The van der Waals surface area contributed by atoms with Crippen LogP contribution in [0.25, 0.3) is 0 Å². The SMILES string of the molecule is C=CC1=C(/C=C\CC2(C(=C)N/C=C/CC(C)(C=C)c3cccc(CCC)c3)CC2)CC(C)(C)C1. The Hall–Kier alpha value is -2.54. The Morgan fingerprint density at radius 3 is 2.50 bits per heavy atom. The summed E-state index contributed by atoms with van der Waals surface area (Å²) >= 11 is 0. The first kappa shape index (κ1) is 26.1. The normalized spacial score (nSPS) is 20.5. The minimum atomic E-state index is -0.0745. The van der Waals surface area contributed by atoms with Gasteiger partial charge in [0.15, 0.2) is 0 Å². The van der Waals surface area contributed by atoms with Crippen LogP contribution in [0.2, 0.25) is 0 Å². The Balaban J connectivity index is 1.55. The molecule has 1 heteroatoms. The van der Waals surface area contributed by atoms with Gasteiger partial charge in [0.2, 0.25) is 0 Å². The highest BCUT2D eigenvalue weighted by molar-refractivity contribution is 5.39. The summed E-state index contributed by atoms with van der Waals surface area (Å²) in [6.07, 6.45) is 22.1. The first-order chi connectivity index (χ1) is 16.2. The fraction of sp³-hybridized carbons (Fsp3) is 0.455. The maximum absolute atomic E-state index is 4.39. The van der Waals surface area contributed by atoms with E-state index in [1.807, 2.05) is 6.08 Å². The van der Waals surface area contributed by atoms with E-state index in [9.17, 15) is 0 Å². The molecule has 0 aromatic heterocycles. The quantitative estimate of drug-likeness (QED) is 0.292. The first-order valence-electron chi connectivity index (χ1n) is 13.0. The van der Waals surface area contributed by atoms with Crippen molar-refractivity contribution in [1.82, 2.24) is 5.32 Å². The van der Waals surface area contributed by atoms with Crippen molar-refractivity contribution in [3.8, 4) is 0 Å². The van der Waals surface area contributed by atoms with Gasteiger partial charge in [-0.2, -0.15) is 0 Å². The van der Waals surface area contributed by atoms with E-state index >= 15 is 0 Å². The molecule has 0 spiro atoms. The Morgan fingerprint density at radius 2 is 1.85 bits per heavy atom. The molecule has 1 fully saturated rings. The number of nitrogens with one attached hydrogen (secondary N) is 1. The molecule has 1 atom stereocenters. The number of allylic oxidation sites excluding steroid dienone is 8. The number of hydrogen-bond donors (Lipinski definition) is 1. The standard InChI is InChI=1S/C33H45N/c1-8-14-27-15-11-17-30(23-27)32(7,10-3)18-13-22-34-26(4)33(20-21-33)19-12-16-29-25-31(5,6)24-28(29)9-2/h9-13,15-17,22-23,34H,2-4,8,14,18-21,24-25H2,1,5-7H3/b16-12-,22-13+. The number of hydrogen-bond acceptors (Lipinski definition) is 1. The van der Waals surface area contributed by atoms with Crippen molar-refractivity contribution in [2.24, 2.45) is 10.8 Å². The molecule has 1 unspecified atom stereocenters. The van der Waals surface area contributed by atoms with E-state index in [-0.39, 0.29) is 10.8 Å². The van der Waals surface area contributed by atoms with Gasteiger partial charge in [-0.15, -0.1) is 6.58 Å². The molecule has 1 nitrogen and oxygen atoms in total. The molecule has 2 aliphatic carbocycles. The van der Waals surface area contributed by atoms with Gasteiger partial charge in [-0.3, -0.25) is 0 Å². The molecule has 0 aliphatic heterocycles. The van der Waals surface area contributed by atoms with Gasteiger partial charge in [0.25, 0.3) is 0 Å². The molecule has 1 aromatic carbocycles. The number of benzene rings is 1. The zero-order valence-corrected chi connectivity index (χ0v) is 22.1. The molecule has 0 heterocycles. The molecule has 0 bridgehead atoms. The average molecular weight is 456 g/mol. The van der Waals surface area contributed by atoms with Crippen LogP contribution in [0.5, 0.6) is 0 Å². The molecule has 1 aromatic rings. The van der Waals surface area contributed by atoms with E-state index in [1.54, 1.807) is 0 Å². The molecule has 3 rings (SSSR count). The zero-order chi connectivity index (χ0) is 24.8. The second-order valence-electron chi connectivity index (χ2n) is 11.5. The Morgan fingerprint density at radius 1 is 1.12 bits per heavy atom. The molecule has 1 saturated carbocycles. The minimum Gasteiger partial charge on any atom is -0.365 e. The van der Waals surface area contributed by atoms with E-state index < -0.39 is 0 Å². The summed E-state index contributed by atoms with van der Waals surface area (Å²) in [7, 11) is 0. The predicted molar refractivity (Wildman–Crippen MR) is 150 cm³/mol. The van der Waals surface area contributed by atoms with Gasteiger partial charge in [-0.05, 0) is 78.8 Å². The Labute approximate surface area is 209 Å². The molecule has 34 heavy (non-hydrogen) atoms. The molecular formula is C33H45N. The van der Waals surface area contributed by atoms with Crippen molar-refractivity contribution in [3.05, 3.63) is 109 Å². The predicted octanol–water partition coefficient (Wildman–Crippen LogP) is 9.12. The topological polar surface area (TPSA) is 12.0 Å². The van der Waals surface area contributed by atoms with Crippen LogP contribution in [0, 0.1) is 10.8 Å². The lowest BCUT2D eigenvalue weighted by molar-refractivity contribution is 0.392. The number of rotatable bonds is 13. The van der Waals surface area contributed by atoms with Crippen LogP contribution in [0.15, 0.2) is 97.4 Å². The zero-order valence-electron chi connectivity index (χ0n) is 22.1. The maximum Gasteiger partial charge on any atom is 0.0139 e. The largest absolute Gasteiger partial charge is 0.365 e. The molecule has 0 amide bonds. The lowest BCUT2D eigenvalue weighted by Crippen LogP contribution is -2.19. The fourth-order valence-corrected chi connectivity index (χ4v) is 5.20. The van der Waals surface area contributed by atoms with Gasteiger partial charge < -0.3 is 5.32 Å². The second-order valence-corrected chi connectivity index (χ2v) is 11.5. The van der Waals surface area contributed by atoms with Crippen molar-refractivity contribution in [3.63, 3.8) is 0 Å². The molecule has 0 saturated heterocycles. The van der Waals surface area contributed by atoms with E-state index in [2.05, 4.69) is 108 Å². The third-order valence-electron chi connectivity index (χ3n) is 7.81. The van der Waals surface area contributed by atoms with Crippen LogP contribution in [0.1, 0.15) is 83.8 Å². The van der Waals surface area contributed by atoms with Crippen molar-refractivity contribution in [2.75, 3.05) is 0 Å². The van der Waals surface area contributed by atoms with Crippen LogP contribution in [0.4, 0.5) is 0 Å². The summed E-state index contributed by atoms with van der Waals surface area (Å²) in [4.78, 5) is 0. The summed E-state index contributed by atoms with van der Waals surface area (Å²) in [6, 6.07) is 8.97. The minimum absolute atomic E-state index is 0.0745. The van der Waals surface area contributed by atoms with Gasteiger partial charge in [-0.1, -0.05) is 102 Å². The van der Waals surface area contributed by atoms with E-state index in [1.165, 1.54) is 41.5 Å².